The van der Waals surface area contributed by atoms with Crippen molar-refractivity contribution in [2.45, 2.75) is 13.0 Å². The van der Waals surface area contributed by atoms with Crippen LogP contribution in [0.15, 0.2) is 55.1 Å². The Morgan fingerprint density at radius 3 is 2.84 bits per heavy atom. The van der Waals surface area contributed by atoms with Gasteiger partial charge in [0, 0.05) is 61.5 Å². The summed E-state index contributed by atoms with van der Waals surface area (Å²) in [6, 6.07) is 8.76. The van der Waals surface area contributed by atoms with Crippen LogP contribution >= 0.6 is 0 Å². The predicted octanol–water partition coefficient (Wildman–Crippen LogP) is 3.37. The van der Waals surface area contributed by atoms with Crippen LogP contribution in [0.3, 0.4) is 0 Å². The minimum atomic E-state index is -0.436. The number of nitrogens with zero attached hydrogens (tertiary/aromatic N) is 4. The molecule has 7 nitrogen and oxygen atoms in total. The maximum absolute atomic E-state index is 14.4. The van der Waals surface area contributed by atoms with Gasteiger partial charge in [-0.15, -0.1) is 0 Å². The number of fused-ring (bicyclic) bond motifs is 2. The maximum Gasteiger partial charge on any atom is 0.257 e. The molecule has 5 rings (SSSR count). The van der Waals surface area contributed by atoms with E-state index in [2.05, 4.69) is 37.4 Å². The van der Waals surface area contributed by atoms with Crippen molar-refractivity contribution in [2.75, 3.05) is 29.9 Å². The van der Waals surface area contributed by atoms with Gasteiger partial charge in [0.1, 0.15) is 16.9 Å². The van der Waals surface area contributed by atoms with Crippen LogP contribution in [0.4, 0.5) is 15.8 Å². The Labute approximate surface area is 178 Å². The molecule has 2 N–H and O–H groups in total. The molecule has 156 valence electrons. The first kappa shape index (κ1) is 19.3. The van der Waals surface area contributed by atoms with Crippen molar-refractivity contribution < 1.29 is 9.18 Å². The molecule has 0 bridgehead atoms. The molecule has 3 heterocycles. The molecule has 8 heteroatoms. The molecule has 2 aromatic heterocycles. The summed E-state index contributed by atoms with van der Waals surface area (Å²) < 4.78 is 14.4. The van der Waals surface area contributed by atoms with Gasteiger partial charge in [0.25, 0.3) is 5.91 Å². The number of nitrogens with one attached hydrogen (secondary N) is 2. The highest BCUT2D eigenvalue weighted by molar-refractivity contribution is 6.13. The van der Waals surface area contributed by atoms with Crippen LogP contribution in [0, 0.1) is 5.82 Å². The summed E-state index contributed by atoms with van der Waals surface area (Å²) >= 11 is 0. The third-order valence-corrected chi connectivity index (χ3v) is 5.52. The monoisotopic (exact) mass is 416 g/mol. The minimum absolute atomic E-state index is 0.362. The molecule has 0 aliphatic carbocycles. The highest BCUT2D eigenvalue weighted by atomic mass is 19.1. The van der Waals surface area contributed by atoms with Gasteiger partial charge < -0.3 is 15.5 Å². The van der Waals surface area contributed by atoms with Crippen molar-refractivity contribution in [3.63, 3.8) is 0 Å². The summed E-state index contributed by atoms with van der Waals surface area (Å²) in [5.74, 6) is -0.799. The van der Waals surface area contributed by atoms with Gasteiger partial charge in [-0.2, -0.15) is 0 Å². The van der Waals surface area contributed by atoms with Crippen molar-refractivity contribution in [3.8, 4) is 0 Å². The highest BCUT2D eigenvalue weighted by Crippen LogP contribution is 2.28. The number of hydrogen-bond acceptors (Lipinski definition) is 6. The molecule has 4 aromatic rings. The number of hydrogen-bond donors (Lipinski definition) is 2. The fraction of sp³-hybridized carbons (Fsp3) is 0.217. The summed E-state index contributed by atoms with van der Waals surface area (Å²) in [4.78, 5) is 28.2. The molecule has 1 fully saturated rings. The van der Waals surface area contributed by atoms with Crippen LogP contribution in [0.25, 0.3) is 21.8 Å². The second kappa shape index (κ2) is 7.88. The van der Waals surface area contributed by atoms with Crippen LogP contribution in [0.1, 0.15) is 17.3 Å². The Kier molecular flexibility index (Phi) is 4.91. The molecular weight excluding hydrogens is 395 g/mol. The maximum atomic E-state index is 14.4. The predicted molar refractivity (Wildman–Crippen MR) is 119 cm³/mol. The number of carbonyl (C=O) groups is 1. The standard InChI is InChI=1S/C23H21FN6O/c1-14-13-30(9-8-26-14)20-3-2-17(21-22(20)28-7-6-27-21)23(31)29-16-10-15-4-5-25-12-18(15)19(24)11-16/h2-7,10-12,14,26H,8-9,13H2,1H3,(H,29,31). The van der Waals surface area contributed by atoms with Crippen LogP contribution < -0.4 is 15.5 Å². The summed E-state index contributed by atoms with van der Waals surface area (Å²) in [5.41, 5.74) is 2.93. The zero-order valence-electron chi connectivity index (χ0n) is 17.0. The molecule has 0 radical (unpaired) electrons. The zero-order chi connectivity index (χ0) is 21.4. The molecule has 1 amide bonds. The largest absolute Gasteiger partial charge is 0.367 e. The Bertz CT molecular complexity index is 1290. The SMILES string of the molecule is CC1CN(c2ccc(C(=O)Nc3cc(F)c4cnccc4c3)c3nccnc23)CCN1. The van der Waals surface area contributed by atoms with Gasteiger partial charge in [-0.05, 0) is 42.6 Å². The number of amides is 1. The molecule has 0 saturated carbocycles. The Morgan fingerprint density at radius 2 is 2.00 bits per heavy atom. The number of rotatable bonds is 3. The van der Waals surface area contributed by atoms with E-state index in [4.69, 9.17) is 0 Å². The van der Waals surface area contributed by atoms with Gasteiger partial charge >= 0.3 is 0 Å². The average Bonchev–Trinajstić information content (AvgIpc) is 2.78. The highest BCUT2D eigenvalue weighted by Gasteiger charge is 2.21. The van der Waals surface area contributed by atoms with Gasteiger partial charge in [-0.3, -0.25) is 19.7 Å². The van der Waals surface area contributed by atoms with Crippen molar-refractivity contribution in [3.05, 3.63) is 66.5 Å². The van der Waals surface area contributed by atoms with E-state index in [0.29, 0.717) is 39.1 Å². The lowest BCUT2D eigenvalue weighted by atomic mass is 10.1. The van der Waals surface area contributed by atoms with E-state index in [1.165, 1.54) is 12.3 Å². The summed E-state index contributed by atoms with van der Waals surface area (Å²) in [6.07, 6.45) is 6.26. The number of piperazine rings is 1. The van der Waals surface area contributed by atoms with Gasteiger partial charge in [0.05, 0.1) is 11.3 Å². The lowest BCUT2D eigenvalue weighted by Crippen LogP contribution is -2.49. The molecule has 1 unspecified atom stereocenters. The third-order valence-electron chi connectivity index (χ3n) is 5.52. The van der Waals surface area contributed by atoms with Gasteiger partial charge in [-0.1, -0.05) is 0 Å². The molecule has 1 atom stereocenters. The molecule has 31 heavy (non-hydrogen) atoms. The Balaban J connectivity index is 1.50. The van der Waals surface area contributed by atoms with Gasteiger partial charge in [-0.25, -0.2) is 4.39 Å². The van der Waals surface area contributed by atoms with Crippen molar-refractivity contribution in [1.29, 1.82) is 0 Å². The number of benzene rings is 2. The summed E-state index contributed by atoms with van der Waals surface area (Å²) in [6.45, 7) is 4.73. The lowest BCUT2D eigenvalue weighted by Gasteiger charge is -2.34. The normalized spacial score (nSPS) is 16.6. The second-order valence-electron chi connectivity index (χ2n) is 7.70. The smallest absolute Gasteiger partial charge is 0.257 e. The van der Waals surface area contributed by atoms with Crippen molar-refractivity contribution in [2.24, 2.45) is 0 Å². The van der Waals surface area contributed by atoms with E-state index >= 15 is 0 Å². The van der Waals surface area contributed by atoms with Crippen LogP contribution in [0.5, 0.6) is 0 Å². The van der Waals surface area contributed by atoms with E-state index in [1.807, 2.05) is 6.07 Å². The number of pyridine rings is 1. The summed E-state index contributed by atoms with van der Waals surface area (Å²) in [5, 5.41) is 7.30. The minimum Gasteiger partial charge on any atom is -0.367 e. The van der Waals surface area contributed by atoms with Crippen LogP contribution in [0.2, 0.25) is 0 Å². The topological polar surface area (TPSA) is 83.0 Å². The quantitative estimate of drug-likeness (QED) is 0.533. The third kappa shape index (κ3) is 3.66. The van der Waals surface area contributed by atoms with Gasteiger partial charge in [0.15, 0.2) is 0 Å². The number of anilines is 2. The number of carbonyl (C=O) groups excluding carboxylic acids is 1. The zero-order valence-corrected chi connectivity index (χ0v) is 17.0. The molecule has 1 aliphatic heterocycles. The van der Waals surface area contributed by atoms with E-state index in [9.17, 15) is 9.18 Å². The fourth-order valence-electron chi connectivity index (χ4n) is 4.06. The van der Waals surface area contributed by atoms with Crippen molar-refractivity contribution in [1.82, 2.24) is 20.3 Å². The molecule has 0 spiro atoms. The van der Waals surface area contributed by atoms with E-state index < -0.39 is 5.82 Å². The first-order valence-corrected chi connectivity index (χ1v) is 10.2. The van der Waals surface area contributed by atoms with E-state index in [-0.39, 0.29) is 5.91 Å². The van der Waals surface area contributed by atoms with Crippen LogP contribution in [-0.4, -0.2) is 46.5 Å². The Morgan fingerprint density at radius 1 is 1.16 bits per heavy atom. The van der Waals surface area contributed by atoms with Crippen molar-refractivity contribution >= 4 is 39.1 Å². The fourth-order valence-corrected chi connectivity index (χ4v) is 4.06. The molecule has 2 aromatic carbocycles. The molecule has 1 saturated heterocycles. The van der Waals surface area contributed by atoms with Gasteiger partial charge in [0.2, 0.25) is 0 Å². The average molecular weight is 416 g/mol. The second-order valence-corrected chi connectivity index (χ2v) is 7.70. The van der Waals surface area contributed by atoms with E-state index in [0.717, 1.165) is 25.3 Å². The number of aromatic nitrogens is 3. The number of halogens is 1. The first-order valence-electron chi connectivity index (χ1n) is 10.2. The van der Waals surface area contributed by atoms with Crippen LogP contribution in [-0.2, 0) is 0 Å². The Hall–Kier alpha value is -3.65. The molecular formula is C23H21FN6O. The lowest BCUT2D eigenvalue weighted by molar-refractivity contribution is 0.102. The molecule has 1 aliphatic rings. The van der Waals surface area contributed by atoms with E-state index in [1.54, 1.807) is 36.8 Å². The summed E-state index contributed by atoms with van der Waals surface area (Å²) in [7, 11) is 0. The first-order chi connectivity index (χ1) is 15.1.